The van der Waals surface area contributed by atoms with Gasteiger partial charge in [-0.05, 0) is 31.6 Å². The van der Waals surface area contributed by atoms with Gasteiger partial charge in [-0.15, -0.1) is 0 Å². The molecule has 9 heavy (non-hydrogen) atoms. The first-order valence-electron chi connectivity index (χ1n) is 2.94. The molecule has 1 aliphatic rings. The van der Waals surface area contributed by atoms with Crippen LogP contribution in [-0.4, -0.2) is 6.21 Å². The number of allylic oxidation sites excluding steroid dienone is 3. The first-order chi connectivity index (χ1) is 4.29. The van der Waals surface area contributed by atoms with Gasteiger partial charge in [0, 0.05) is 6.21 Å². The number of rotatable bonds is 0. The van der Waals surface area contributed by atoms with E-state index in [1.165, 1.54) is 0 Å². The fraction of sp³-hybridized carbons (Fsp3) is 0.250. The topological polar surface area (TPSA) is 12.4 Å². The van der Waals surface area contributed by atoms with Gasteiger partial charge in [-0.25, -0.2) is 0 Å². The zero-order valence-electron chi connectivity index (χ0n) is 5.68. The molecule has 0 saturated carbocycles. The lowest BCUT2D eigenvalue weighted by molar-refractivity contribution is 1.32. The third-order valence-electron chi connectivity index (χ3n) is 1.08. The van der Waals surface area contributed by atoms with Gasteiger partial charge in [0.05, 0.1) is 5.70 Å². The third kappa shape index (κ3) is 1.71. The van der Waals surface area contributed by atoms with Gasteiger partial charge in [0.25, 0.3) is 0 Å². The van der Waals surface area contributed by atoms with Crippen LogP contribution in [0.3, 0.4) is 0 Å². The largest absolute Gasteiger partial charge is 0.253 e. The van der Waals surface area contributed by atoms with E-state index in [-0.39, 0.29) is 0 Å². The molecule has 0 fully saturated rings. The number of aliphatic imine (C=N–C) groups is 1. The zero-order chi connectivity index (χ0) is 6.69. The summed E-state index contributed by atoms with van der Waals surface area (Å²) in [7, 11) is 0. The molecule has 0 aromatic carbocycles. The highest BCUT2D eigenvalue weighted by Crippen LogP contribution is 2.00. The second kappa shape index (κ2) is 2.47. The van der Waals surface area contributed by atoms with E-state index < -0.39 is 0 Å². The van der Waals surface area contributed by atoms with Crippen molar-refractivity contribution in [1.82, 2.24) is 0 Å². The Morgan fingerprint density at radius 3 is 3.00 bits per heavy atom. The van der Waals surface area contributed by atoms with Crippen LogP contribution in [0, 0.1) is 0 Å². The highest BCUT2D eigenvalue weighted by Gasteiger charge is 1.83. The van der Waals surface area contributed by atoms with E-state index in [1.54, 1.807) is 6.21 Å². The predicted molar refractivity (Wildman–Crippen MR) is 39.5 cm³/mol. The minimum atomic E-state index is 0.942. The van der Waals surface area contributed by atoms with E-state index in [0.29, 0.717) is 0 Å². The average molecular weight is 119 g/mol. The molecule has 0 aromatic rings. The van der Waals surface area contributed by atoms with E-state index in [1.807, 2.05) is 26.0 Å². The van der Waals surface area contributed by atoms with Crippen LogP contribution in [0.25, 0.3) is 0 Å². The van der Waals surface area contributed by atoms with Gasteiger partial charge >= 0.3 is 0 Å². The molecule has 0 spiro atoms. The van der Waals surface area contributed by atoms with Crippen molar-refractivity contribution in [1.29, 1.82) is 0 Å². The van der Waals surface area contributed by atoms with Crippen LogP contribution in [-0.2, 0) is 0 Å². The second-order valence-corrected chi connectivity index (χ2v) is 2.03. The Labute approximate surface area is 55.1 Å². The molecule has 0 atom stereocenters. The van der Waals surface area contributed by atoms with Crippen LogP contribution in [0.4, 0.5) is 0 Å². The van der Waals surface area contributed by atoms with Crippen molar-refractivity contribution in [2.75, 3.05) is 0 Å². The molecule has 1 rings (SSSR count). The van der Waals surface area contributed by atoms with Crippen LogP contribution in [0.1, 0.15) is 13.8 Å². The molecule has 1 heteroatoms. The lowest BCUT2D eigenvalue weighted by atomic mass is 10.3. The Bertz CT molecular complexity index is 203. The molecule has 0 bridgehead atoms. The minimum absolute atomic E-state index is 0.942. The molecular weight excluding hydrogens is 110 g/mol. The summed E-state index contributed by atoms with van der Waals surface area (Å²) in [6.45, 7) is 3.95. The quantitative estimate of drug-likeness (QED) is 0.433. The summed E-state index contributed by atoms with van der Waals surface area (Å²) in [5, 5.41) is 0. The van der Waals surface area contributed by atoms with E-state index in [2.05, 4.69) is 10.7 Å². The lowest BCUT2D eigenvalue weighted by Crippen LogP contribution is -1.63. The van der Waals surface area contributed by atoms with Gasteiger partial charge in [0.15, 0.2) is 0 Å². The van der Waals surface area contributed by atoms with E-state index in [9.17, 15) is 0 Å². The van der Waals surface area contributed by atoms with Crippen molar-refractivity contribution in [2.24, 2.45) is 4.99 Å². The first-order valence-corrected chi connectivity index (χ1v) is 2.94. The van der Waals surface area contributed by atoms with Gasteiger partial charge in [-0.2, -0.15) is 0 Å². The molecule has 1 aliphatic heterocycles. The predicted octanol–water partition coefficient (Wildman–Crippen LogP) is 2.08. The highest BCUT2D eigenvalue weighted by atomic mass is 14.7. The fourth-order valence-electron chi connectivity index (χ4n) is 0.701. The number of nitrogens with zero attached hydrogens (tertiary/aromatic N) is 1. The van der Waals surface area contributed by atoms with Crippen LogP contribution in [0.15, 0.2) is 34.1 Å². The van der Waals surface area contributed by atoms with Crippen molar-refractivity contribution in [3.8, 4) is 0 Å². The summed E-state index contributed by atoms with van der Waals surface area (Å²) >= 11 is 0. The first kappa shape index (κ1) is 6.06. The Hall–Kier alpha value is -1.07. The van der Waals surface area contributed by atoms with Gasteiger partial charge in [0.1, 0.15) is 0 Å². The Kier molecular flexibility index (Phi) is 1.66. The molecule has 1 heterocycles. The molecule has 0 aromatic heterocycles. The molecule has 1 nitrogen and oxygen atoms in total. The highest BCUT2D eigenvalue weighted by molar-refractivity contribution is 5.73. The zero-order valence-corrected chi connectivity index (χ0v) is 5.68. The summed E-state index contributed by atoms with van der Waals surface area (Å²) in [5.74, 6) is 0. The summed E-state index contributed by atoms with van der Waals surface area (Å²) in [6, 6.07) is 0. The van der Waals surface area contributed by atoms with Crippen molar-refractivity contribution < 1.29 is 0 Å². The van der Waals surface area contributed by atoms with Crippen molar-refractivity contribution in [3.63, 3.8) is 0 Å². The maximum absolute atomic E-state index is 4.05. The Morgan fingerprint density at radius 1 is 1.44 bits per heavy atom. The minimum Gasteiger partial charge on any atom is -0.253 e. The molecule has 0 aliphatic carbocycles. The van der Waals surface area contributed by atoms with Crippen LogP contribution in [0.2, 0.25) is 0 Å². The van der Waals surface area contributed by atoms with Gasteiger partial charge < -0.3 is 0 Å². The smallest absolute Gasteiger partial charge is 0.0792 e. The van der Waals surface area contributed by atoms with E-state index in [0.717, 1.165) is 11.3 Å². The maximum atomic E-state index is 4.05. The van der Waals surface area contributed by atoms with E-state index in [4.69, 9.17) is 0 Å². The summed E-state index contributed by atoms with van der Waals surface area (Å²) in [5.41, 5.74) is 5.16. The van der Waals surface area contributed by atoms with Crippen molar-refractivity contribution >= 4 is 6.21 Å². The van der Waals surface area contributed by atoms with Crippen LogP contribution >= 0.6 is 0 Å². The SMILES string of the molecule is CC1=C=C(C)N=CC=C1. The lowest BCUT2D eigenvalue weighted by Gasteiger charge is -1.80. The van der Waals surface area contributed by atoms with Gasteiger partial charge in [-0.1, -0.05) is 5.73 Å². The molecule has 0 amide bonds. The van der Waals surface area contributed by atoms with Gasteiger partial charge in [0.2, 0.25) is 0 Å². The summed E-state index contributed by atoms with van der Waals surface area (Å²) in [6.07, 6.45) is 5.68. The van der Waals surface area contributed by atoms with Crippen LogP contribution < -0.4 is 0 Å². The van der Waals surface area contributed by atoms with Crippen molar-refractivity contribution in [2.45, 2.75) is 13.8 Å². The summed E-state index contributed by atoms with van der Waals surface area (Å²) in [4.78, 5) is 4.05. The molecule has 46 valence electrons. The Balaban J connectivity index is 3.07. The molecular formula is C8H9N. The standard InChI is InChI=1S/C8H9N/c1-7-4-3-5-9-8(2)6-7/h3-5H,1-2H3. The third-order valence-corrected chi connectivity index (χ3v) is 1.08. The van der Waals surface area contributed by atoms with Crippen molar-refractivity contribution in [3.05, 3.63) is 29.2 Å². The maximum Gasteiger partial charge on any atom is 0.0792 e. The van der Waals surface area contributed by atoms with E-state index >= 15 is 0 Å². The summed E-state index contributed by atoms with van der Waals surface area (Å²) < 4.78 is 0. The fourth-order valence-corrected chi connectivity index (χ4v) is 0.701. The monoisotopic (exact) mass is 119 g/mol. The second-order valence-electron chi connectivity index (χ2n) is 2.03. The number of hydrogen-bond donors (Lipinski definition) is 0. The normalized spacial score (nSPS) is 16.7. The Morgan fingerprint density at radius 2 is 2.22 bits per heavy atom. The van der Waals surface area contributed by atoms with Gasteiger partial charge in [-0.3, -0.25) is 4.99 Å². The average Bonchev–Trinajstić information content (AvgIpc) is 1.93. The number of hydrogen-bond acceptors (Lipinski definition) is 1. The molecule has 0 N–H and O–H groups in total. The molecule has 0 saturated heterocycles. The molecule has 0 unspecified atom stereocenters. The molecule has 0 radical (unpaired) electrons. The van der Waals surface area contributed by atoms with Crippen LogP contribution in [0.5, 0.6) is 0 Å².